The van der Waals surface area contributed by atoms with Gasteiger partial charge in [0.25, 0.3) is 5.91 Å². The van der Waals surface area contributed by atoms with Crippen LogP contribution in [0, 0.1) is 6.92 Å². The van der Waals surface area contributed by atoms with Gasteiger partial charge >= 0.3 is 0 Å². The lowest BCUT2D eigenvalue weighted by Gasteiger charge is -2.08. The number of para-hydroxylation sites is 2. The number of nitrogen functional groups attached to an aromatic ring is 1. The van der Waals surface area contributed by atoms with E-state index in [1.165, 1.54) is 11.3 Å². The summed E-state index contributed by atoms with van der Waals surface area (Å²) in [4.78, 5) is 13.2. The number of nitrogens with two attached hydrogens (primary N) is 1. The van der Waals surface area contributed by atoms with Gasteiger partial charge in [-0.3, -0.25) is 9.89 Å². The van der Waals surface area contributed by atoms with Gasteiger partial charge < -0.3 is 11.1 Å². The normalized spacial score (nSPS) is 11.3. The highest BCUT2D eigenvalue weighted by molar-refractivity contribution is 7.18. The number of nitrogens with zero attached hydrogens (tertiary/aromatic N) is 1. The zero-order valence-corrected chi connectivity index (χ0v) is 15.5. The van der Waals surface area contributed by atoms with Gasteiger partial charge in [-0.2, -0.15) is 5.10 Å². The van der Waals surface area contributed by atoms with Gasteiger partial charge in [0, 0.05) is 11.1 Å². The van der Waals surface area contributed by atoms with Gasteiger partial charge in [0.1, 0.15) is 0 Å². The molecule has 0 unspecified atom stereocenters. The van der Waals surface area contributed by atoms with E-state index in [0.29, 0.717) is 9.88 Å². The van der Waals surface area contributed by atoms with E-state index in [1.54, 1.807) is 0 Å². The Labute approximate surface area is 160 Å². The Morgan fingerprint density at radius 1 is 1.15 bits per heavy atom. The zero-order valence-electron chi connectivity index (χ0n) is 14.7. The van der Waals surface area contributed by atoms with Crippen molar-refractivity contribution >= 4 is 51.0 Å². The van der Waals surface area contributed by atoms with Crippen molar-refractivity contribution in [2.75, 3.05) is 11.1 Å². The SMILES string of the molecule is Cc1cc(N)sc1C(=O)Nc1ccccc1C=Cc1n[nH]c2ccccc12. The summed E-state index contributed by atoms with van der Waals surface area (Å²) in [6, 6.07) is 17.5. The summed E-state index contributed by atoms with van der Waals surface area (Å²) in [6.07, 6.45) is 3.89. The maximum Gasteiger partial charge on any atom is 0.266 e. The van der Waals surface area contributed by atoms with Crippen LogP contribution in [-0.2, 0) is 0 Å². The second-order valence-corrected chi connectivity index (χ2v) is 7.27. The number of aromatic amines is 1. The number of rotatable bonds is 4. The maximum atomic E-state index is 12.6. The van der Waals surface area contributed by atoms with Gasteiger partial charge in [0.05, 0.1) is 21.1 Å². The van der Waals surface area contributed by atoms with E-state index in [9.17, 15) is 4.79 Å². The van der Waals surface area contributed by atoms with Gasteiger partial charge in [-0.05, 0) is 42.3 Å². The molecule has 0 saturated carbocycles. The molecule has 5 nitrogen and oxygen atoms in total. The Hall–Kier alpha value is -3.38. The van der Waals surface area contributed by atoms with Gasteiger partial charge in [0.2, 0.25) is 0 Å². The van der Waals surface area contributed by atoms with Crippen molar-refractivity contribution in [3.8, 4) is 0 Å². The molecule has 0 aliphatic heterocycles. The second kappa shape index (κ2) is 7.09. The molecule has 0 bridgehead atoms. The number of benzene rings is 2. The van der Waals surface area contributed by atoms with E-state index in [2.05, 4.69) is 15.5 Å². The Morgan fingerprint density at radius 2 is 1.93 bits per heavy atom. The lowest BCUT2D eigenvalue weighted by Crippen LogP contribution is -2.12. The molecule has 6 heteroatoms. The first-order chi connectivity index (χ1) is 13.1. The smallest absolute Gasteiger partial charge is 0.266 e. The first-order valence-electron chi connectivity index (χ1n) is 8.49. The average Bonchev–Trinajstić information content (AvgIpc) is 3.23. The monoisotopic (exact) mass is 374 g/mol. The van der Waals surface area contributed by atoms with E-state index < -0.39 is 0 Å². The third-order valence-corrected chi connectivity index (χ3v) is 5.34. The second-order valence-electron chi connectivity index (χ2n) is 6.19. The molecule has 0 saturated heterocycles. The molecule has 4 N–H and O–H groups in total. The number of thiophene rings is 1. The summed E-state index contributed by atoms with van der Waals surface area (Å²) in [5.74, 6) is -0.153. The van der Waals surface area contributed by atoms with Gasteiger partial charge in [0.15, 0.2) is 0 Å². The predicted molar refractivity (Wildman–Crippen MR) is 113 cm³/mol. The molecule has 0 spiro atoms. The number of anilines is 2. The van der Waals surface area contributed by atoms with Crippen molar-refractivity contribution < 1.29 is 4.79 Å². The fourth-order valence-corrected chi connectivity index (χ4v) is 3.78. The summed E-state index contributed by atoms with van der Waals surface area (Å²) < 4.78 is 0. The summed E-state index contributed by atoms with van der Waals surface area (Å²) in [5, 5.41) is 12.0. The first kappa shape index (κ1) is 17.1. The van der Waals surface area contributed by atoms with E-state index in [-0.39, 0.29) is 5.91 Å². The summed E-state index contributed by atoms with van der Waals surface area (Å²) in [5.41, 5.74) is 10.2. The number of hydrogen-bond donors (Lipinski definition) is 3. The minimum Gasteiger partial charge on any atom is -0.391 e. The van der Waals surface area contributed by atoms with Gasteiger partial charge in [-0.25, -0.2) is 0 Å². The third-order valence-electron chi connectivity index (χ3n) is 4.27. The molecule has 0 aliphatic rings. The van der Waals surface area contributed by atoms with Crippen LogP contribution in [0.2, 0.25) is 0 Å². The zero-order chi connectivity index (χ0) is 18.8. The molecule has 0 aliphatic carbocycles. The van der Waals surface area contributed by atoms with Crippen LogP contribution in [0.15, 0.2) is 54.6 Å². The minimum atomic E-state index is -0.153. The lowest BCUT2D eigenvalue weighted by atomic mass is 10.1. The molecule has 2 heterocycles. The van der Waals surface area contributed by atoms with Crippen LogP contribution in [0.5, 0.6) is 0 Å². The molecular weight excluding hydrogens is 356 g/mol. The Morgan fingerprint density at radius 3 is 2.74 bits per heavy atom. The van der Waals surface area contributed by atoms with Crippen LogP contribution >= 0.6 is 11.3 Å². The molecular formula is C21H18N4OS. The summed E-state index contributed by atoms with van der Waals surface area (Å²) in [6.45, 7) is 1.89. The number of fused-ring (bicyclic) bond motifs is 1. The number of carbonyl (C=O) groups is 1. The molecule has 0 fully saturated rings. The number of carbonyl (C=O) groups excluding carboxylic acids is 1. The van der Waals surface area contributed by atoms with E-state index in [1.807, 2.05) is 73.7 Å². The highest BCUT2D eigenvalue weighted by Crippen LogP contribution is 2.26. The summed E-state index contributed by atoms with van der Waals surface area (Å²) in [7, 11) is 0. The van der Waals surface area contributed by atoms with Crippen LogP contribution in [0.25, 0.3) is 23.1 Å². The Balaban J connectivity index is 1.61. The van der Waals surface area contributed by atoms with Crippen molar-refractivity contribution in [3.63, 3.8) is 0 Å². The van der Waals surface area contributed by atoms with Gasteiger partial charge in [-0.1, -0.05) is 42.5 Å². The average molecular weight is 374 g/mol. The number of nitrogens with one attached hydrogen (secondary N) is 2. The van der Waals surface area contributed by atoms with Crippen molar-refractivity contribution in [3.05, 3.63) is 76.3 Å². The molecule has 4 aromatic rings. The number of H-pyrrole nitrogens is 1. The first-order valence-corrected chi connectivity index (χ1v) is 9.31. The fraction of sp³-hybridized carbons (Fsp3) is 0.0476. The van der Waals surface area contributed by atoms with Gasteiger partial charge in [-0.15, -0.1) is 11.3 Å². The number of aromatic nitrogens is 2. The Kier molecular flexibility index (Phi) is 4.48. The topological polar surface area (TPSA) is 83.8 Å². The van der Waals surface area contributed by atoms with Crippen molar-refractivity contribution in [1.82, 2.24) is 10.2 Å². The van der Waals surface area contributed by atoms with Crippen molar-refractivity contribution in [2.24, 2.45) is 0 Å². The lowest BCUT2D eigenvalue weighted by molar-refractivity contribution is 0.103. The van der Waals surface area contributed by atoms with E-state index in [4.69, 9.17) is 5.73 Å². The molecule has 2 aromatic carbocycles. The number of hydrogen-bond acceptors (Lipinski definition) is 4. The van der Waals surface area contributed by atoms with Crippen LogP contribution in [-0.4, -0.2) is 16.1 Å². The fourth-order valence-electron chi connectivity index (χ4n) is 2.95. The van der Waals surface area contributed by atoms with Crippen LogP contribution in [0.3, 0.4) is 0 Å². The molecule has 27 heavy (non-hydrogen) atoms. The standard InChI is InChI=1S/C21H18N4OS/c1-13-12-19(22)27-20(13)21(26)23-16-8-4-2-6-14(16)10-11-18-15-7-3-5-9-17(15)24-25-18/h2-12H,22H2,1H3,(H,23,26)(H,24,25). The van der Waals surface area contributed by atoms with Crippen molar-refractivity contribution in [2.45, 2.75) is 6.92 Å². The van der Waals surface area contributed by atoms with Crippen LogP contribution in [0.4, 0.5) is 10.7 Å². The maximum absolute atomic E-state index is 12.6. The molecule has 134 valence electrons. The quantitative estimate of drug-likeness (QED) is 0.473. The Bertz CT molecular complexity index is 1160. The predicted octanol–water partition coefficient (Wildman–Crippen LogP) is 4.94. The molecule has 2 aromatic heterocycles. The van der Waals surface area contributed by atoms with E-state index >= 15 is 0 Å². The summed E-state index contributed by atoms with van der Waals surface area (Å²) >= 11 is 1.29. The molecule has 0 atom stereocenters. The van der Waals surface area contributed by atoms with Crippen molar-refractivity contribution in [1.29, 1.82) is 0 Å². The van der Waals surface area contributed by atoms with E-state index in [0.717, 1.165) is 33.4 Å². The number of amides is 1. The molecule has 0 radical (unpaired) electrons. The van der Waals surface area contributed by atoms with Crippen LogP contribution < -0.4 is 11.1 Å². The minimum absolute atomic E-state index is 0.153. The largest absolute Gasteiger partial charge is 0.391 e. The number of aryl methyl sites for hydroxylation is 1. The molecule has 1 amide bonds. The highest BCUT2D eigenvalue weighted by Gasteiger charge is 2.14. The third kappa shape index (κ3) is 3.47. The van der Waals surface area contributed by atoms with Crippen LogP contribution in [0.1, 0.15) is 26.5 Å². The molecule has 4 rings (SSSR count). The highest BCUT2D eigenvalue weighted by atomic mass is 32.1.